The van der Waals surface area contributed by atoms with Crippen LogP contribution in [0.1, 0.15) is 29.5 Å². The van der Waals surface area contributed by atoms with Gasteiger partial charge in [-0.1, -0.05) is 0 Å². The number of methoxy groups -OCH3 is 2. The molecule has 3 rings (SSSR count). The summed E-state index contributed by atoms with van der Waals surface area (Å²) in [6, 6.07) is 6.01. The zero-order valence-corrected chi connectivity index (χ0v) is 17.7. The number of aliphatic imine (C=N–C) groups is 1. The Kier molecular flexibility index (Phi) is 6.64. The number of H-pyrrole nitrogens is 1. The summed E-state index contributed by atoms with van der Waals surface area (Å²) in [5.74, 6) is 3.81. The molecule has 0 spiro atoms. The maximum absolute atomic E-state index is 5.58. The summed E-state index contributed by atoms with van der Waals surface area (Å²) in [5, 5.41) is 7.60. The van der Waals surface area contributed by atoms with Gasteiger partial charge in [0.15, 0.2) is 5.96 Å². The summed E-state index contributed by atoms with van der Waals surface area (Å²) in [6.45, 7) is 5.14. The van der Waals surface area contributed by atoms with E-state index in [9.17, 15) is 0 Å². The van der Waals surface area contributed by atoms with Gasteiger partial charge >= 0.3 is 0 Å². The second-order valence-corrected chi connectivity index (χ2v) is 6.79. The Hall–Kier alpha value is -3.16. The molecular formula is C21H29N5O3. The molecular weight excluding hydrogens is 370 g/mol. The first-order valence-electron chi connectivity index (χ1n) is 9.65. The van der Waals surface area contributed by atoms with Gasteiger partial charge in [-0.25, -0.2) is 4.98 Å². The van der Waals surface area contributed by atoms with E-state index in [-0.39, 0.29) is 0 Å². The normalized spacial score (nSPS) is 11.7. The average molecular weight is 399 g/mol. The molecule has 0 radical (unpaired) electrons. The highest BCUT2D eigenvalue weighted by Gasteiger charge is 2.10. The summed E-state index contributed by atoms with van der Waals surface area (Å²) in [4.78, 5) is 12.1. The van der Waals surface area contributed by atoms with Gasteiger partial charge < -0.3 is 29.5 Å². The quantitative estimate of drug-likeness (QED) is 0.306. The number of benzene rings is 1. The van der Waals surface area contributed by atoms with Gasteiger partial charge in [-0.2, -0.15) is 0 Å². The third-order valence-electron chi connectivity index (χ3n) is 4.80. The number of aryl methyl sites for hydroxylation is 3. The number of aromatic amines is 1. The van der Waals surface area contributed by atoms with Crippen LogP contribution in [0.4, 0.5) is 0 Å². The van der Waals surface area contributed by atoms with Crippen LogP contribution >= 0.6 is 0 Å². The van der Waals surface area contributed by atoms with Crippen LogP contribution in [0, 0.1) is 13.8 Å². The largest absolute Gasteiger partial charge is 0.497 e. The molecule has 0 aliphatic carbocycles. The van der Waals surface area contributed by atoms with Gasteiger partial charge in [0.25, 0.3) is 0 Å². The van der Waals surface area contributed by atoms with Crippen molar-refractivity contribution in [2.24, 2.45) is 4.99 Å². The molecule has 1 aromatic carbocycles. The summed E-state index contributed by atoms with van der Waals surface area (Å²) < 4.78 is 16.4. The first-order chi connectivity index (χ1) is 14.0. The lowest BCUT2D eigenvalue weighted by atomic mass is 10.2. The SMILES string of the molecule is CN=C(NCCCc1cc2c(OC)cc(OC)cc2[nH]1)NCc1nc(C)c(C)o1. The Morgan fingerprint density at radius 2 is 2.00 bits per heavy atom. The standard InChI is InChI=1S/C21H29N5O3/c1-13-14(2)29-20(25-13)12-24-21(22-3)23-8-6-7-15-9-17-18(26-15)10-16(27-4)11-19(17)28-5/h9-11,26H,6-8,12H2,1-5H3,(H2,22,23,24). The lowest BCUT2D eigenvalue weighted by Crippen LogP contribution is -2.37. The number of aromatic nitrogens is 2. The maximum atomic E-state index is 5.58. The second-order valence-electron chi connectivity index (χ2n) is 6.79. The van der Waals surface area contributed by atoms with Crippen LogP contribution in [0.15, 0.2) is 27.6 Å². The lowest BCUT2D eigenvalue weighted by Gasteiger charge is -2.10. The summed E-state index contributed by atoms with van der Waals surface area (Å²) in [6.07, 6.45) is 1.85. The smallest absolute Gasteiger partial charge is 0.214 e. The van der Waals surface area contributed by atoms with Gasteiger partial charge in [0.1, 0.15) is 17.3 Å². The van der Waals surface area contributed by atoms with E-state index in [1.807, 2.05) is 26.0 Å². The van der Waals surface area contributed by atoms with Crippen molar-refractivity contribution in [2.75, 3.05) is 27.8 Å². The van der Waals surface area contributed by atoms with E-state index in [2.05, 4.69) is 31.7 Å². The zero-order chi connectivity index (χ0) is 20.8. The molecule has 3 aromatic rings. The highest BCUT2D eigenvalue weighted by atomic mass is 16.5. The van der Waals surface area contributed by atoms with E-state index < -0.39 is 0 Å². The van der Waals surface area contributed by atoms with E-state index in [0.29, 0.717) is 12.4 Å². The van der Waals surface area contributed by atoms with Crippen molar-refractivity contribution >= 4 is 16.9 Å². The molecule has 0 aliphatic rings. The molecule has 8 nitrogen and oxygen atoms in total. The Morgan fingerprint density at radius 1 is 1.17 bits per heavy atom. The molecule has 0 amide bonds. The Morgan fingerprint density at radius 3 is 2.66 bits per heavy atom. The van der Waals surface area contributed by atoms with Gasteiger partial charge in [0, 0.05) is 36.8 Å². The van der Waals surface area contributed by atoms with E-state index in [1.54, 1.807) is 21.3 Å². The molecule has 0 fully saturated rings. The van der Waals surface area contributed by atoms with Crippen LogP contribution in [-0.4, -0.2) is 43.7 Å². The maximum Gasteiger partial charge on any atom is 0.214 e. The second kappa shape index (κ2) is 9.36. The molecule has 2 aromatic heterocycles. The molecule has 8 heteroatoms. The van der Waals surface area contributed by atoms with Gasteiger partial charge in [-0.05, 0) is 32.8 Å². The molecule has 29 heavy (non-hydrogen) atoms. The summed E-state index contributed by atoms with van der Waals surface area (Å²) >= 11 is 0. The number of hydrogen-bond donors (Lipinski definition) is 3. The lowest BCUT2D eigenvalue weighted by molar-refractivity contribution is 0.398. The molecule has 3 N–H and O–H groups in total. The van der Waals surface area contributed by atoms with Crippen molar-refractivity contribution in [3.05, 3.63) is 41.2 Å². The minimum absolute atomic E-state index is 0.498. The molecule has 2 heterocycles. The van der Waals surface area contributed by atoms with Gasteiger partial charge in [0.05, 0.1) is 32.0 Å². The van der Waals surface area contributed by atoms with E-state index in [1.165, 1.54) is 0 Å². The molecule has 0 bridgehead atoms. The first kappa shape index (κ1) is 20.6. The third-order valence-corrected chi connectivity index (χ3v) is 4.80. The van der Waals surface area contributed by atoms with Gasteiger partial charge in [0.2, 0.25) is 5.89 Å². The number of hydrogen-bond acceptors (Lipinski definition) is 5. The summed E-state index contributed by atoms with van der Waals surface area (Å²) in [7, 11) is 5.07. The highest BCUT2D eigenvalue weighted by molar-refractivity contribution is 5.88. The topological polar surface area (TPSA) is 96.7 Å². The molecule has 0 saturated carbocycles. The van der Waals surface area contributed by atoms with Crippen LogP contribution in [0.2, 0.25) is 0 Å². The average Bonchev–Trinajstić information content (AvgIpc) is 3.28. The number of nitrogens with zero attached hydrogens (tertiary/aromatic N) is 2. The van der Waals surface area contributed by atoms with Crippen molar-refractivity contribution in [3.63, 3.8) is 0 Å². The minimum Gasteiger partial charge on any atom is -0.497 e. The third kappa shape index (κ3) is 5.01. The molecule has 156 valence electrons. The van der Waals surface area contributed by atoms with E-state index in [4.69, 9.17) is 13.9 Å². The molecule has 0 atom stereocenters. The van der Waals surface area contributed by atoms with Crippen LogP contribution in [0.25, 0.3) is 10.9 Å². The zero-order valence-electron chi connectivity index (χ0n) is 17.7. The number of ether oxygens (including phenoxy) is 2. The number of fused-ring (bicyclic) bond motifs is 1. The first-order valence-corrected chi connectivity index (χ1v) is 9.65. The highest BCUT2D eigenvalue weighted by Crippen LogP contribution is 2.31. The number of rotatable bonds is 8. The Bertz CT molecular complexity index is 970. The van der Waals surface area contributed by atoms with Crippen LogP contribution in [0.5, 0.6) is 11.5 Å². The predicted molar refractivity (Wildman–Crippen MR) is 114 cm³/mol. The monoisotopic (exact) mass is 399 g/mol. The minimum atomic E-state index is 0.498. The Balaban J connectivity index is 1.50. The van der Waals surface area contributed by atoms with Crippen LogP contribution < -0.4 is 20.1 Å². The number of nitrogens with one attached hydrogen (secondary N) is 3. The van der Waals surface area contributed by atoms with Crippen LogP contribution in [0.3, 0.4) is 0 Å². The van der Waals surface area contributed by atoms with E-state index in [0.717, 1.165) is 64.9 Å². The summed E-state index contributed by atoms with van der Waals surface area (Å²) in [5.41, 5.74) is 3.08. The van der Waals surface area contributed by atoms with Crippen molar-refractivity contribution in [2.45, 2.75) is 33.2 Å². The van der Waals surface area contributed by atoms with Crippen molar-refractivity contribution in [1.82, 2.24) is 20.6 Å². The van der Waals surface area contributed by atoms with Gasteiger partial charge in [-0.15, -0.1) is 0 Å². The molecule has 0 saturated heterocycles. The molecule has 0 unspecified atom stereocenters. The van der Waals surface area contributed by atoms with Crippen molar-refractivity contribution < 1.29 is 13.9 Å². The van der Waals surface area contributed by atoms with Gasteiger partial charge in [-0.3, -0.25) is 4.99 Å². The van der Waals surface area contributed by atoms with Crippen molar-refractivity contribution in [3.8, 4) is 11.5 Å². The predicted octanol–water partition coefficient (Wildman–Crippen LogP) is 3.09. The Labute approximate surface area is 170 Å². The van der Waals surface area contributed by atoms with Crippen LogP contribution in [-0.2, 0) is 13.0 Å². The fourth-order valence-electron chi connectivity index (χ4n) is 3.14. The van der Waals surface area contributed by atoms with E-state index >= 15 is 0 Å². The fourth-order valence-corrected chi connectivity index (χ4v) is 3.14. The number of guanidine groups is 1. The molecule has 0 aliphatic heterocycles. The number of oxazole rings is 1. The van der Waals surface area contributed by atoms with Crippen molar-refractivity contribution in [1.29, 1.82) is 0 Å². The fraction of sp³-hybridized carbons (Fsp3) is 0.429.